The molecule has 0 amide bonds. The van der Waals surface area contributed by atoms with Crippen molar-refractivity contribution >= 4 is 0 Å². The first-order valence-electron chi connectivity index (χ1n) is 6.74. The van der Waals surface area contributed by atoms with Gasteiger partial charge in [-0.2, -0.15) is 0 Å². The van der Waals surface area contributed by atoms with Gasteiger partial charge in [-0.15, -0.1) is 0 Å². The number of nitrogens with one attached hydrogen (secondary N) is 1. The van der Waals surface area contributed by atoms with Crippen LogP contribution in [0.1, 0.15) is 24.8 Å². The molecule has 0 aliphatic heterocycles. The monoisotopic (exact) mass is 280 g/mol. The van der Waals surface area contributed by atoms with Crippen LogP contribution in [0.2, 0.25) is 0 Å². The Bertz CT molecular complexity index is 581. The van der Waals surface area contributed by atoms with Crippen LogP contribution in [0.5, 0.6) is 0 Å². The molecule has 0 saturated carbocycles. The van der Waals surface area contributed by atoms with Crippen LogP contribution >= 0.6 is 0 Å². The third-order valence-electron chi connectivity index (χ3n) is 3.08. The van der Waals surface area contributed by atoms with E-state index in [1.807, 2.05) is 6.92 Å². The van der Waals surface area contributed by atoms with Gasteiger partial charge in [-0.1, -0.05) is 13.0 Å². The molecule has 5 heteroatoms. The molecular formula is C15H18F2N2O. The van der Waals surface area contributed by atoms with Crippen molar-refractivity contribution in [2.75, 3.05) is 13.1 Å². The highest BCUT2D eigenvalue weighted by Gasteiger charge is 2.17. The van der Waals surface area contributed by atoms with Gasteiger partial charge in [0, 0.05) is 6.42 Å². The number of hydrogen-bond acceptors (Lipinski definition) is 3. The smallest absolute Gasteiger partial charge is 0.194 e. The molecule has 0 radical (unpaired) electrons. The maximum atomic E-state index is 14.0. The molecular weight excluding hydrogens is 262 g/mol. The van der Waals surface area contributed by atoms with Gasteiger partial charge in [0.1, 0.15) is 11.6 Å². The topological polar surface area (TPSA) is 38.1 Å². The summed E-state index contributed by atoms with van der Waals surface area (Å²) in [6, 6.07) is 2.64. The van der Waals surface area contributed by atoms with Crippen LogP contribution in [0.25, 0.3) is 11.3 Å². The summed E-state index contributed by atoms with van der Waals surface area (Å²) in [5, 5.41) is 3.19. The van der Waals surface area contributed by atoms with Crippen LogP contribution in [0.4, 0.5) is 8.78 Å². The number of rotatable bonds is 6. The largest absolute Gasteiger partial charge is 0.441 e. The van der Waals surface area contributed by atoms with Crippen LogP contribution in [0.15, 0.2) is 22.7 Å². The third-order valence-corrected chi connectivity index (χ3v) is 3.08. The van der Waals surface area contributed by atoms with Crippen molar-refractivity contribution in [3.63, 3.8) is 0 Å². The highest BCUT2D eigenvalue weighted by molar-refractivity contribution is 5.59. The van der Waals surface area contributed by atoms with Gasteiger partial charge in [0.05, 0.1) is 11.8 Å². The Hall–Kier alpha value is -1.75. The first-order valence-corrected chi connectivity index (χ1v) is 6.74. The van der Waals surface area contributed by atoms with Crippen LogP contribution < -0.4 is 5.32 Å². The van der Waals surface area contributed by atoms with Crippen molar-refractivity contribution in [1.82, 2.24) is 10.3 Å². The Morgan fingerprint density at radius 2 is 2.10 bits per heavy atom. The Labute approximate surface area is 117 Å². The van der Waals surface area contributed by atoms with Crippen molar-refractivity contribution in [2.24, 2.45) is 0 Å². The maximum Gasteiger partial charge on any atom is 0.194 e. The minimum absolute atomic E-state index is 0.141. The van der Waals surface area contributed by atoms with Gasteiger partial charge >= 0.3 is 0 Å². The second-order valence-corrected chi connectivity index (χ2v) is 4.63. The zero-order valence-electron chi connectivity index (χ0n) is 11.7. The number of aryl methyl sites for hydroxylation is 2. The summed E-state index contributed by atoms with van der Waals surface area (Å²) in [6.45, 7) is 5.40. The van der Waals surface area contributed by atoms with Gasteiger partial charge in [-0.25, -0.2) is 13.8 Å². The molecule has 0 aliphatic carbocycles. The van der Waals surface area contributed by atoms with E-state index in [0.29, 0.717) is 17.9 Å². The summed E-state index contributed by atoms with van der Waals surface area (Å²) in [7, 11) is 0. The van der Waals surface area contributed by atoms with Crippen LogP contribution in [0.3, 0.4) is 0 Å². The van der Waals surface area contributed by atoms with Gasteiger partial charge in [-0.05, 0) is 38.1 Å². The van der Waals surface area contributed by atoms with E-state index in [4.69, 9.17) is 4.42 Å². The molecule has 3 nitrogen and oxygen atoms in total. The van der Waals surface area contributed by atoms with Crippen LogP contribution in [-0.4, -0.2) is 18.1 Å². The summed E-state index contributed by atoms with van der Waals surface area (Å²) in [6.07, 6.45) is 2.89. The lowest BCUT2D eigenvalue weighted by Crippen LogP contribution is -2.14. The maximum absolute atomic E-state index is 14.0. The normalized spacial score (nSPS) is 11.0. The van der Waals surface area contributed by atoms with E-state index in [2.05, 4.69) is 10.3 Å². The zero-order chi connectivity index (χ0) is 14.5. The van der Waals surface area contributed by atoms with Crippen molar-refractivity contribution in [3.05, 3.63) is 41.4 Å². The first-order chi connectivity index (χ1) is 9.63. The number of halogens is 2. The number of nitrogens with zero attached hydrogens (tertiary/aromatic N) is 1. The zero-order valence-corrected chi connectivity index (χ0v) is 11.7. The Balaban J connectivity index is 2.15. The number of hydrogen-bond donors (Lipinski definition) is 1. The second kappa shape index (κ2) is 6.61. The van der Waals surface area contributed by atoms with Crippen molar-refractivity contribution < 1.29 is 13.2 Å². The highest BCUT2D eigenvalue weighted by atomic mass is 19.1. The van der Waals surface area contributed by atoms with E-state index in [0.717, 1.165) is 19.5 Å². The van der Waals surface area contributed by atoms with Crippen LogP contribution in [-0.2, 0) is 6.42 Å². The quantitative estimate of drug-likeness (QED) is 0.823. The van der Waals surface area contributed by atoms with E-state index in [-0.39, 0.29) is 11.3 Å². The molecule has 20 heavy (non-hydrogen) atoms. The molecule has 0 fully saturated rings. The molecule has 2 aromatic rings. The molecule has 1 aromatic heterocycles. The lowest BCUT2D eigenvalue weighted by Gasteiger charge is -2.03. The highest BCUT2D eigenvalue weighted by Crippen LogP contribution is 2.28. The first kappa shape index (κ1) is 14.7. The molecule has 108 valence electrons. The number of aromatic nitrogens is 1. The summed E-state index contributed by atoms with van der Waals surface area (Å²) in [4.78, 5) is 4.07. The summed E-state index contributed by atoms with van der Waals surface area (Å²) in [5.41, 5.74) is 0.238. The predicted molar refractivity (Wildman–Crippen MR) is 73.5 cm³/mol. The van der Waals surface area contributed by atoms with Crippen molar-refractivity contribution in [2.45, 2.75) is 26.7 Å². The average molecular weight is 280 g/mol. The van der Waals surface area contributed by atoms with Gasteiger partial charge < -0.3 is 9.73 Å². The van der Waals surface area contributed by atoms with Gasteiger partial charge in [0.25, 0.3) is 0 Å². The van der Waals surface area contributed by atoms with E-state index >= 15 is 0 Å². The van der Waals surface area contributed by atoms with E-state index in [1.54, 1.807) is 6.92 Å². The molecule has 0 spiro atoms. The predicted octanol–water partition coefficient (Wildman–Crippen LogP) is 3.47. The summed E-state index contributed by atoms with van der Waals surface area (Å²) in [5.74, 6) is -0.593. The molecule has 1 aromatic carbocycles. The van der Waals surface area contributed by atoms with Crippen molar-refractivity contribution in [3.8, 4) is 11.3 Å². The molecule has 1 N–H and O–H groups in total. The molecule has 1 heterocycles. The third kappa shape index (κ3) is 3.22. The number of oxazole rings is 1. The van der Waals surface area contributed by atoms with E-state index in [1.165, 1.54) is 18.3 Å². The van der Waals surface area contributed by atoms with Crippen molar-refractivity contribution in [1.29, 1.82) is 0 Å². The van der Waals surface area contributed by atoms with Gasteiger partial charge in [-0.3, -0.25) is 0 Å². The van der Waals surface area contributed by atoms with Crippen LogP contribution in [0, 0.1) is 18.6 Å². The fourth-order valence-corrected chi connectivity index (χ4v) is 1.97. The fourth-order valence-electron chi connectivity index (χ4n) is 1.97. The average Bonchev–Trinajstić information content (AvgIpc) is 2.88. The second-order valence-electron chi connectivity index (χ2n) is 4.63. The molecule has 0 bridgehead atoms. The van der Waals surface area contributed by atoms with E-state index < -0.39 is 11.6 Å². The molecule has 0 saturated heterocycles. The minimum Gasteiger partial charge on any atom is -0.441 e. The molecule has 0 aliphatic rings. The Morgan fingerprint density at radius 3 is 2.85 bits per heavy atom. The summed E-state index contributed by atoms with van der Waals surface area (Å²) < 4.78 is 33.2. The standard InChI is InChI=1S/C15H18F2N2O/c1-3-18-8-4-5-13-19-9-12(20-13)14-11(16)7-6-10(2)15(14)17/h6-7,9,18H,3-5,8H2,1-2H3. The van der Waals surface area contributed by atoms with E-state index in [9.17, 15) is 8.78 Å². The molecule has 0 unspecified atom stereocenters. The molecule has 0 atom stereocenters. The van der Waals surface area contributed by atoms with Gasteiger partial charge in [0.2, 0.25) is 0 Å². The summed E-state index contributed by atoms with van der Waals surface area (Å²) >= 11 is 0. The Morgan fingerprint density at radius 1 is 1.30 bits per heavy atom. The number of benzene rings is 1. The SMILES string of the molecule is CCNCCCc1ncc(-c2c(F)ccc(C)c2F)o1. The van der Waals surface area contributed by atoms with Gasteiger partial charge in [0.15, 0.2) is 11.7 Å². The molecule has 2 rings (SSSR count). The lowest BCUT2D eigenvalue weighted by atomic mass is 10.1. The Kier molecular flexibility index (Phi) is 4.84. The fraction of sp³-hybridized carbons (Fsp3) is 0.400. The minimum atomic E-state index is -0.636. The lowest BCUT2D eigenvalue weighted by molar-refractivity contribution is 0.484.